The molecule has 2 aromatic carbocycles. The highest BCUT2D eigenvalue weighted by molar-refractivity contribution is 9.10. The molecule has 0 heterocycles. The van der Waals surface area contributed by atoms with Gasteiger partial charge in [-0.1, -0.05) is 39.7 Å². The van der Waals surface area contributed by atoms with E-state index in [1.807, 2.05) is 0 Å². The Morgan fingerprint density at radius 1 is 0.920 bits per heavy atom. The molecule has 0 saturated heterocycles. The first-order chi connectivity index (χ1) is 12.0. The maximum absolute atomic E-state index is 11.9. The van der Waals surface area contributed by atoms with Crippen LogP contribution in [0, 0.1) is 0 Å². The maximum Gasteiger partial charge on any atom is 0.269 e. The predicted molar refractivity (Wildman–Crippen MR) is 98.2 cm³/mol. The minimum atomic E-state index is -0.430. The maximum atomic E-state index is 11.9. The smallest absolute Gasteiger partial charge is 0.269 e. The Morgan fingerprint density at radius 3 is 2.28 bits per heavy atom. The highest BCUT2D eigenvalue weighted by Crippen LogP contribution is 2.14. The normalized spacial score (nSPS) is 10.0. The van der Waals surface area contributed by atoms with Gasteiger partial charge in [0, 0.05) is 23.0 Å². The molecule has 0 bridgehead atoms. The Morgan fingerprint density at radius 2 is 1.60 bits per heavy atom. The summed E-state index contributed by atoms with van der Waals surface area (Å²) in [6, 6.07) is 13.3. The van der Waals surface area contributed by atoms with Gasteiger partial charge >= 0.3 is 0 Å². The van der Waals surface area contributed by atoms with Crippen LogP contribution < -0.4 is 16.2 Å². The van der Waals surface area contributed by atoms with Gasteiger partial charge in [0.25, 0.3) is 11.8 Å². The van der Waals surface area contributed by atoms with E-state index >= 15 is 0 Å². The van der Waals surface area contributed by atoms with E-state index < -0.39 is 11.8 Å². The van der Waals surface area contributed by atoms with Crippen LogP contribution in [0.2, 0.25) is 5.02 Å². The van der Waals surface area contributed by atoms with Crippen LogP contribution in [-0.4, -0.2) is 24.3 Å². The molecule has 0 aliphatic heterocycles. The molecule has 0 aliphatic rings. The topological polar surface area (TPSA) is 87.3 Å². The summed E-state index contributed by atoms with van der Waals surface area (Å²) < 4.78 is 0.849. The van der Waals surface area contributed by atoms with Gasteiger partial charge in [-0.25, -0.2) is 0 Å². The van der Waals surface area contributed by atoms with Crippen LogP contribution in [0.3, 0.4) is 0 Å². The van der Waals surface area contributed by atoms with E-state index in [9.17, 15) is 14.4 Å². The fourth-order valence-electron chi connectivity index (χ4n) is 1.89. The van der Waals surface area contributed by atoms with Gasteiger partial charge in [0.15, 0.2) is 0 Å². The molecule has 3 N–H and O–H groups in total. The van der Waals surface area contributed by atoms with Gasteiger partial charge in [-0.15, -0.1) is 0 Å². The lowest BCUT2D eigenvalue weighted by molar-refractivity contribution is -0.121. The van der Waals surface area contributed by atoms with Crippen LogP contribution in [-0.2, 0) is 4.79 Å². The SMILES string of the molecule is O=C(CCNC(=O)c1ccccc1Cl)NNC(=O)c1ccc(Br)cc1. The Bertz CT molecular complexity index is 781. The van der Waals surface area contributed by atoms with E-state index in [1.165, 1.54) is 0 Å². The van der Waals surface area contributed by atoms with Crippen molar-refractivity contribution in [3.8, 4) is 0 Å². The van der Waals surface area contributed by atoms with Crippen LogP contribution in [0.5, 0.6) is 0 Å². The second-order valence-corrected chi connectivity index (χ2v) is 6.32. The summed E-state index contributed by atoms with van der Waals surface area (Å²) in [4.78, 5) is 35.5. The summed E-state index contributed by atoms with van der Waals surface area (Å²) in [5.41, 5.74) is 5.36. The highest BCUT2D eigenvalue weighted by atomic mass is 79.9. The lowest BCUT2D eigenvalue weighted by atomic mass is 10.2. The first-order valence-electron chi connectivity index (χ1n) is 7.35. The summed E-state index contributed by atoms with van der Waals surface area (Å²) in [5.74, 6) is -1.22. The number of amides is 3. The zero-order valence-electron chi connectivity index (χ0n) is 13.0. The largest absolute Gasteiger partial charge is 0.351 e. The van der Waals surface area contributed by atoms with Crippen LogP contribution in [0.1, 0.15) is 27.1 Å². The average Bonchev–Trinajstić information content (AvgIpc) is 2.60. The second-order valence-electron chi connectivity index (χ2n) is 4.99. The zero-order valence-corrected chi connectivity index (χ0v) is 15.4. The molecule has 0 radical (unpaired) electrons. The van der Waals surface area contributed by atoms with Gasteiger partial charge < -0.3 is 5.32 Å². The standard InChI is InChI=1S/C17H15BrClN3O3/c18-12-7-5-11(6-8-12)16(24)22-21-15(23)9-10-20-17(25)13-3-1-2-4-14(13)19/h1-8H,9-10H2,(H,20,25)(H,21,23)(H,22,24). The summed E-state index contributed by atoms with van der Waals surface area (Å²) in [7, 11) is 0. The molecule has 0 aromatic heterocycles. The third-order valence-electron chi connectivity index (χ3n) is 3.18. The molecular formula is C17H15BrClN3O3. The molecule has 130 valence electrons. The number of rotatable bonds is 5. The molecule has 0 saturated carbocycles. The van der Waals surface area contributed by atoms with Crippen LogP contribution in [0.15, 0.2) is 53.0 Å². The van der Waals surface area contributed by atoms with E-state index in [4.69, 9.17) is 11.6 Å². The van der Waals surface area contributed by atoms with E-state index in [0.29, 0.717) is 16.1 Å². The van der Waals surface area contributed by atoms with Gasteiger partial charge in [0.05, 0.1) is 10.6 Å². The predicted octanol–water partition coefficient (Wildman–Crippen LogP) is 2.68. The van der Waals surface area contributed by atoms with Crippen LogP contribution in [0.4, 0.5) is 0 Å². The van der Waals surface area contributed by atoms with Crippen molar-refractivity contribution in [2.24, 2.45) is 0 Å². The number of hydrogen-bond donors (Lipinski definition) is 3. The Balaban J connectivity index is 1.72. The number of nitrogens with one attached hydrogen (secondary N) is 3. The molecule has 25 heavy (non-hydrogen) atoms. The third kappa shape index (κ3) is 5.88. The Hall–Kier alpha value is -2.38. The first-order valence-corrected chi connectivity index (χ1v) is 8.52. The number of hydrazine groups is 1. The minimum absolute atomic E-state index is 0.0107. The van der Waals surface area contributed by atoms with Crippen molar-refractivity contribution in [3.63, 3.8) is 0 Å². The molecular weight excluding hydrogens is 410 g/mol. The van der Waals surface area contributed by atoms with Crippen molar-refractivity contribution < 1.29 is 14.4 Å². The van der Waals surface area contributed by atoms with Crippen molar-refractivity contribution >= 4 is 45.3 Å². The molecule has 2 rings (SSSR count). The molecule has 6 nitrogen and oxygen atoms in total. The van der Waals surface area contributed by atoms with Crippen molar-refractivity contribution in [3.05, 3.63) is 69.2 Å². The van der Waals surface area contributed by atoms with Crippen molar-refractivity contribution in [1.82, 2.24) is 16.2 Å². The number of carbonyl (C=O) groups is 3. The minimum Gasteiger partial charge on any atom is -0.351 e. The van der Waals surface area contributed by atoms with Gasteiger partial charge in [-0.3, -0.25) is 25.2 Å². The molecule has 0 fully saturated rings. The number of hydrogen-bond acceptors (Lipinski definition) is 3. The Kier molecular flexibility index (Phi) is 6.97. The lowest BCUT2D eigenvalue weighted by Crippen LogP contribution is -2.42. The molecule has 3 amide bonds. The zero-order chi connectivity index (χ0) is 18.2. The van der Waals surface area contributed by atoms with E-state index in [2.05, 4.69) is 32.1 Å². The number of halogens is 2. The summed E-state index contributed by atoms with van der Waals surface area (Å²) in [5, 5.41) is 2.93. The molecule has 2 aromatic rings. The molecule has 8 heteroatoms. The van der Waals surface area contributed by atoms with E-state index in [-0.39, 0.29) is 18.9 Å². The average molecular weight is 425 g/mol. The first kappa shape index (κ1) is 19.0. The Labute approximate surface area is 158 Å². The van der Waals surface area contributed by atoms with E-state index in [0.717, 1.165) is 4.47 Å². The van der Waals surface area contributed by atoms with Gasteiger partial charge in [0.2, 0.25) is 5.91 Å². The highest BCUT2D eigenvalue weighted by Gasteiger charge is 2.10. The fourth-order valence-corrected chi connectivity index (χ4v) is 2.38. The molecule has 0 unspecified atom stereocenters. The van der Waals surface area contributed by atoms with Gasteiger partial charge in [0.1, 0.15) is 0 Å². The third-order valence-corrected chi connectivity index (χ3v) is 4.04. The molecule has 0 atom stereocenters. The van der Waals surface area contributed by atoms with E-state index in [1.54, 1.807) is 48.5 Å². The summed E-state index contributed by atoms with van der Waals surface area (Å²) in [6.45, 7) is 0.115. The van der Waals surface area contributed by atoms with Gasteiger partial charge in [-0.05, 0) is 36.4 Å². The fraction of sp³-hybridized carbons (Fsp3) is 0.118. The summed E-state index contributed by atoms with van der Waals surface area (Å²) >= 11 is 9.20. The van der Waals surface area contributed by atoms with Crippen molar-refractivity contribution in [1.29, 1.82) is 0 Å². The molecule has 0 spiro atoms. The van der Waals surface area contributed by atoms with Crippen LogP contribution >= 0.6 is 27.5 Å². The van der Waals surface area contributed by atoms with Crippen molar-refractivity contribution in [2.75, 3.05) is 6.54 Å². The quantitative estimate of drug-likeness (QED) is 0.645. The number of carbonyl (C=O) groups excluding carboxylic acids is 3. The monoisotopic (exact) mass is 423 g/mol. The lowest BCUT2D eigenvalue weighted by Gasteiger charge is -2.09. The molecule has 0 aliphatic carbocycles. The second kappa shape index (κ2) is 9.19. The van der Waals surface area contributed by atoms with Gasteiger partial charge in [-0.2, -0.15) is 0 Å². The number of benzene rings is 2. The van der Waals surface area contributed by atoms with Crippen molar-refractivity contribution in [2.45, 2.75) is 6.42 Å². The summed E-state index contributed by atoms with van der Waals surface area (Å²) in [6.07, 6.45) is 0.0107. The van der Waals surface area contributed by atoms with Crippen LogP contribution in [0.25, 0.3) is 0 Å².